The summed E-state index contributed by atoms with van der Waals surface area (Å²) < 4.78 is 0. The van der Waals surface area contributed by atoms with E-state index in [-0.39, 0.29) is 5.41 Å². The van der Waals surface area contributed by atoms with Crippen molar-refractivity contribution in [2.75, 3.05) is 6.54 Å². The molecule has 0 radical (unpaired) electrons. The average Bonchev–Trinajstić information content (AvgIpc) is 2.93. The lowest BCUT2D eigenvalue weighted by molar-refractivity contribution is 0.453. The lowest BCUT2D eigenvalue weighted by atomic mass is 9.78. The highest BCUT2D eigenvalue weighted by atomic mass is 35.5. The zero-order valence-corrected chi connectivity index (χ0v) is 11.5. The van der Waals surface area contributed by atoms with Crippen LogP contribution in [-0.2, 0) is 5.41 Å². The molecular weight excluding hydrogens is 244 g/mol. The van der Waals surface area contributed by atoms with Gasteiger partial charge in [-0.2, -0.15) is 0 Å². The number of benzene rings is 1. The lowest BCUT2D eigenvalue weighted by Crippen LogP contribution is -2.32. The van der Waals surface area contributed by atoms with Crippen molar-refractivity contribution in [2.24, 2.45) is 5.73 Å². The van der Waals surface area contributed by atoms with Crippen molar-refractivity contribution in [3.05, 3.63) is 34.5 Å². The fraction of sp³-hybridized carbons (Fsp3) is 0.467. The van der Waals surface area contributed by atoms with Crippen LogP contribution in [0.4, 0.5) is 0 Å². The molecule has 0 bridgehead atoms. The maximum atomic E-state index is 6.49. The van der Waals surface area contributed by atoms with E-state index in [4.69, 9.17) is 17.3 Å². The van der Waals surface area contributed by atoms with Crippen LogP contribution in [0.5, 0.6) is 0 Å². The molecular formula is C15H19ClN2. The van der Waals surface area contributed by atoms with Crippen LogP contribution in [0, 0.1) is 6.92 Å². The molecule has 2 aromatic rings. The van der Waals surface area contributed by atoms with Crippen molar-refractivity contribution in [1.82, 2.24) is 4.98 Å². The van der Waals surface area contributed by atoms with Crippen molar-refractivity contribution in [2.45, 2.75) is 38.0 Å². The molecule has 18 heavy (non-hydrogen) atoms. The van der Waals surface area contributed by atoms with Crippen molar-refractivity contribution in [3.63, 3.8) is 0 Å². The zero-order valence-electron chi connectivity index (χ0n) is 10.7. The first-order valence-corrected chi connectivity index (χ1v) is 7.02. The minimum atomic E-state index is 0.101. The molecule has 3 rings (SSSR count). The molecule has 2 nitrogen and oxygen atoms in total. The van der Waals surface area contributed by atoms with Gasteiger partial charge in [0, 0.05) is 33.6 Å². The number of halogens is 1. The highest BCUT2D eigenvalue weighted by Crippen LogP contribution is 2.44. The van der Waals surface area contributed by atoms with E-state index < -0.39 is 0 Å². The van der Waals surface area contributed by atoms with Gasteiger partial charge < -0.3 is 10.7 Å². The van der Waals surface area contributed by atoms with Gasteiger partial charge in [0.2, 0.25) is 0 Å². The minimum Gasteiger partial charge on any atom is -0.359 e. The second-order valence-electron chi connectivity index (χ2n) is 5.56. The number of nitrogens with one attached hydrogen (secondary N) is 1. The van der Waals surface area contributed by atoms with Gasteiger partial charge in [0.05, 0.1) is 0 Å². The molecule has 3 N–H and O–H groups in total. The van der Waals surface area contributed by atoms with Crippen molar-refractivity contribution in [3.8, 4) is 0 Å². The molecule has 3 heteroatoms. The third-order valence-electron chi connectivity index (χ3n) is 4.37. The van der Waals surface area contributed by atoms with Gasteiger partial charge in [0.25, 0.3) is 0 Å². The standard InChI is InChI=1S/C15H19ClN2/c1-10-6-11-7-13(16)12(8-14(11)18-10)15(9-17)4-2-3-5-15/h6-8,18H,2-5,9,17H2,1H3. The Labute approximate surface area is 113 Å². The number of rotatable bonds is 2. The summed E-state index contributed by atoms with van der Waals surface area (Å²) in [7, 11) is 0. The number of hydrogen-bond donors (Lipinski definition) is 2. The highest BCUT2D eigenvalue weighted by Gasteiger charge is 2.36. The Morgan fingerprint density at radius 2 is 2.00 bits per heavy atom. The van der Waals surface area contributed by atoms with Gasteiger partial charge in [-0.05, 0) is 43.5 Å². The highest BCUT2D eigenvalue weighted by molar-refractivity contribution is 6.32. The van der Waals surface area contributed by atoms with Gasteiger partial charge in [-0.1, -0.05) is 24.4 Å². The Kier molecular flexibility index (Phi) is 2.87. The minimum absolute atomic E-state index is 0.101. The van der Waals surface area contributed by atoms with Crippen LogP contribution >= 0.6 is 11.6 Å². The van der Waals surface area contributed by atoms with Gasteiger partial charge in [0.15, 0.2) is 0 Å². The molecule has 1 aliphatic carbocycles. The van der Waals surface area contributed by atoms with E-state index in [1.165, 1.54) is 35.0 Å². The second-order valence-corrected chi connectivity index (χ2v) is 5.97. The second kappa shape index (κ2) is 4.29. The predicted octanol–water partition coefficient (Wildman–Crippen LogP) is 3.90. The first kappa shape index (κ1) is 12.1. The largest absolute Gasteiger partial charge is 0.359 e. The van der Waals surface area contributed by atoms with Crippen molar-refractivity contribution < 1.29 is 0 Å². The summed E-state index contributed by atoms with van der Waals surface area (Å²) in [5, 5.41) is 2.06. The molecule has 1 aromatic heterocycles. The molecule has 1 fully saturated rings. The van der Waals surface area contributed by atoms with Crippen LogP contribution in [0.25, 0.3) is 10.9 Å². The topological polar surface area (TPSA) is 41.8 Å². The Morgan fingerprint density at radius 3 is 2.67 bits per heavy atom. The Bertz CT molecular complexity index is 579. The molecule has 96 valence electrons. The van der Waals surface area contributed by atoms with Gasteiger partial charge in [-0.15, -0.1) is 0 Å². The van der Waals surface area contributed by atoms with Gasteiger partial charge >= 0.3 is 0 Å². The molecule has 0 amide bonds. The quantitative estimate of drug-likeness (QED) is 0.847. The summed E-state index contributed by atoms with van der Waals surface area (Å²) in [6, 6.07) is 6.42. The smallest absolute Gasteiger partial charge is 0.0460 e. The fourth-order valence-corrected chi connectivity index (χ4v) is 3.71. The Morgan fingerprint density at radius 1 is 1.28 bits per heavy atom. The average molecular weight is 263 g/mol. The summed E-state index contributed by atoms with van der Waals surface area (Å²) in [6.45, 7) is 2.76. The molecule has 0 atom stereocenters. The van der Waals surface area contributed by atoms with Gasteiger partial charge in [-0.3, -0.25) is 0 Å². The Hall–Kier alpha value is -0.990. The van der Waals surface area contributed by atoms with E-state index in [0.29, 0.717) is 6.54 Å². The zero-order chi connectivity index (χ0) is 12.8. The molecule has 0 spiro atoms. The third kappa shape index (κ3) is 1.75. The maximum Gasteiger partial charge on any atom is 0.0460 e. The van der Waals surface area contributed by atoms with E-state index in [2.05, 4.69) is 30.1 Å². The van der Waals surface area contributed by atoms with E-state index in [1.807, 2.05) is 0 Å². The van der Waals surface area contributed by atoms with Crippen LogP contribution in [0.2, 0.25) is 5.02 Å². The number of hydrogen-bond acceptors (Lipinski definition) is 1. The maximum absolute atomic E-state index is 6.49. The molecule has 0 aliphatic heterocycles. The van der Waals surface area contributed by atoms with E-state index in [0.717, 1.165) is 17.9 Å². The first-order valence-electron chi connectivity index (χ1n) is 6.64. The van der Waals surface area contributed by atoms with Crippen LogP contribution < -0.4 is 5.73 Å². The van der Waals surface area contributed by atoms with E-state index in [1.54, 1.807) is 0 Å². The van der Waals surface area contributed by atoms with Crippen molar-refractivity contribution >= 4 is 22.5 Å². The molecule has 1 aliphatic rings. The molecule has 1 aromatic carbocycles. The summed E-state index contributed by atoms with van der Waals surface area (Å²) in [5.74, 6) is 0. The molecule has 0 unspecified atom stereocenters. The summed E-state index contributed by atoms with van der Waals surface area (Å²) >= 11 is 6.49. The molecule has 1 saturated carbocycles. The van der Waals surface area contributed by atoms with Crippen LogP contribution in [0.1, 0.15) is 36.9 Å². The van der Waals surface area contributed by atoms with Crippen LogP contribution in [-0.4, -0.2) is 11.5 Å². The van der Waals surface area contributed by atoms with Gasteiger partial charge in [-0.25, -0.2) is 0 Å². The van der Waals surface area contributed by atoms with E-state index in [9.17, 15) is 0 Å². The number of nitrogens with two attached hydrogens (primary N) is 1. The number of fused-ring (bicyclic) bond motifs is 1. The van der Waals surface area contributed by atoms with Crippen LogP contribution in [0.15, 0.2) is 18.2 Å². The number of H-pyrrole nitrogens is 1. The predicted molar refractivity (Wildman–Crippen MR) is 77.2 cm³/mol. The Balaban J connectivity index is 2.18. The summed E-state index contributed by atoms with van der Waals surface area (Å²) in [5.41, 5.74) is 9.73. The normalized spacial score (nSPS) is 18.6. The van der Waals surface area contributed by atoms with Crippen molar-refractivity contribution in [1.29, 1.82) is 0 Å². The SMILES string of the molecule is Cc1cc2cc(Cl)c(C3(CN)CCCC3)cc2[nH]1. The molecule has 1 heterocycles. The molecule has 0 saturated heterocycles. The summed E-state index contributed by atoms with van der Waals surface area (Å²) in [4.78, 5) is 3.39. The first-order chi connectivity index (χ1) is 8.64. The van der Waals surface area contributed by atoms with Crippen LogP contribution in [0.3, 0.4) is 0 Å². The summed E-state index contributed by atoms with van der Waals surface area (Å²) in [6.07, 6.45) is 4.84. The third-order valence-corrected chi connectivity index (χ3v) is 4.68. The van der Waals surface area contributed by atoms with E-state index >= 15 is 0 Å². The number of aromatic nitrogens is 1. The fourth-order valence-electron chi connectivity index (χ4n) is 3.34. The monoisotopic (exact) mass is 262 g/mol. The lowest BCUT2D eigenvalue weighted by Gasteiger charge is -2.29. The van der Waals surface area contributed by atoms with Gasteiger partial charge in [0.1, 0.15) is 0 Å². The number of aryl methyl sites for hydroxylation is 1. The number of aromatic amines is 1.